The van der Waals surface area contributed by atoms with Crippen LogP contribution in [0, 0.1) is 0 Å². The number of thiazole rings is 1. The van der Waals surface area contributed by atoms with Crippen LogP contribution in [0.1, 0.15) is 17.1 Å². The topological polar surface area (TPSA) is 70.6 Å². The van der Waals surface area contributed by atoms with Gasteiger partial charge in [0.2, 0.25) is 0 Å². The number of likely N-dealkylation sites (N-methyl/N-ethyl adjacent to an activating group) is 1. The van der Waals surface area contributed by atoms with Gasteiger partial charge in [-0.25, -0.2) is 9.78 Å². The Morgan fingerprint density at radius 3 is 2.58 bits per heavy atom. The minimum Gasteiger partial charge on any atom is -0.263 e. The highest BCUT2D eigenvalue weighted by molar-refractivity contribution is 7.09. The molecule has 4 amide bonds. The number of hydrogen-bond donors (Lipinski definition) is 0. The van der Waals surface area contributed by atoms with Gasteiger partial charge < -0.3 is 0 Å². The van der Waals surface area contributed by atoms with Crippen LogP contribution in [0.5, 0.6) is 0 Å². The Balaban J connectivity index is 1.87. The predicted octanol–water partition coefficient (Wildman–Crippen LogP) is 1.24. The van der Waals surface area contributed by atoms with Gasteiger partial charge in [0.1, 0.15) is 0 Å². The highest BCUT2D eigenvalue weighted by Gasteiger charge is 2.41. The van der Waals surface area contributed by atoms with E-state index >= 15 is 0 Å². The molecule has 0 spiro atoms. The summed E-state index contributed by atoms with van der Waals surface area (Å²) in [5.74, 6) is -1.16. The van der Waals surface area contributed by atoms with Gasteiger partial charge in [0.15, 0.2) is 0 Å². The van der Waals surface area contributed by atoms with Crippen LogP contribution in [0.4, 0.5) is 4.79 Å². The van der Waals surface area contributed by atoms with Gasteiger partial charge in [0.05, 0.1) is 16.6 Å². The number of rotatable bonds is 5. The fourth-order valence-electron chi connectivity index (χ4n) is 1.72. The minimum absolute atomic E-state index is 0.226. The Bertz CT molecular complexity index is 531. The molecule has 1 fully saturated rings. The number of urea groups is 1. The molecule has 0 atom stereocenters. The molecule has 1 aliphatic rings. The van der Waals surface area contributed by atoms with Crippen LogP contribution in [0.25, 0.3) is 0 Å². The number of hydrogen-bond acceptors (Lipinski definition) is 5. The maximum Gasteiger partial charge on any atom is 0.333 e. The summed E-state index contributed by atoms with van der Waals surface area (Å²) in [6.07, 6.45) is 1.23. The van der Waals surface area contributed by atoms with Crippen molar-refractivity contribution in [3.63, 3.8) is 0 Å². The van der Waals surface area contributed by atoms with Gasteiger partial charge in [-0.1, -0.05) is 0 Å². The molecule has 19 heavy (non-hydrogen) atoms. The molecule has 0 saturated carbocycles. The largest absolute Gasteiger partial charge is 0.333 e. The van der Waals surface area contributed by atoms with Crippen LogP contribution >= 0.6 is 22.9 Å². The van der Waals surface area contributed by atoms with Crippen LogP contribution in [0.3, 0.4) is 0 Å². The fraction of sp³-hybridized carbons (Fsp3) is 0.455. The van der Waals surface area contributed by atoms with Crippen LogP contribution in [-0.2, 0) is 21.9 Å². The molecule has 0 radical (unpaired) electrons. The Hall–Kier alpha value is -1.47. The predicted molar refractivity (Wildman–Crippen MR) is 69.9 cm³/mol. The highest BCUT2D eigenvalue weighted by Crippen LogP contribution is 2.15. The van der Waals surface area contributed by atoms with Crippen molar-refractivity contribution in [2.75, 3.05) is 13.6 Å². The number of nitrogens with zero attached hydrogens (tertiary/aromatic N) is 3. The smallest absolute Gasteiger partial charge is 0.263 e. The molecular weight excluding hydrogens is 290 g/mol. The van der Waals surface area contributed by atoms with Crippen LogP contribution in [-0.4, -0.2) is 46.2 Å². The van der Waals surface area contributed by atoms with Crippen molar-refractivity contribution >= 4 is 40.8 Å². The van der Waals surface area contributed by atoms with E-state index < -0.39 is 17.8 Å². The summed E-state index contributed by atoms with van der Waals surface area (Å²) in [6.45, 7) is 0.226. The van der Waals surface area contributed by atoms with Crippen LogP contribution < -0.4 is 0 Å². The van der Waals surface area contributed by atoms with Gasteiger partial charge in [-0.05, 0) is 6.42 Å². The molecule has 6 nitrogen and oxygen atoms in total. The Labute approximate surface area is 119 Å². The Kier molecular flexibility index (Phi) is 4.16. The summed E-state index contributed by atoms with van der Waals surface area (Å²) >= 11 is 7.15. The van der Waals surface area contributed by atoms with Gasteiger partial charge in [0.25, 0.3) is 0 Å². The number of amides is 4. The number of aryl methyl sites for hydroxylation is 1. The molecule has 1 aliphatic heterocycles. The average molecular weight is 302 g/mol. The van der Waals surface area contributed by atoms with Crippen molar-refractivity contribution in [1.29, 1.82) is 0 Å². The summed E-state index contributed by atoms with van der Waals surface area (Å²) in [4.78, 5) is 40.5. The van der Waals surface area contributed by atoms with Gasteiger partial charge in [-0.15, -0.1) is 22.9 Å². The molecular formula is C11H12ClN3O3S. The first-order chi connectivity index (χ1) is 9.04. The van der Waals surface area contributed by atoms with E-state index in [0.717, 1.165) is 20.5 Å². The number of carbonyl (C=O) groups is 3. The van der Waals surface area contributed by atoms with Crippen molar-refractivity contribution in [2.24, 2.45) is 0 Å². The normalized spacial score (nSPS) is 15.8. The van der Waals surface area contributed by atoms with E-state index in [4.69, 9.17) is 11.6 Å². The zero-order valence-corrected chi connectivity index (χ0v) is 11.8. The monoisotopic (exact) mass is 301 g/mol. The molecule has 0 unspecified atom stereocenters. The molecule has 102 valence electrons. The highest BCUT2D eigenvalue weighted by atomic mass is 35.5. The van der Waals surface area contributed by atoms with E-state index in [1.165, 1.54) is 18.4 Å². The zero-order chi connectivity index (χ0) is 14.0. The van der Waals surface area contributed by atoms with Crippen LogP contribution in [0.15, 0.2) is 5.38 Å². The Morgan fingerprint density at radius 2 is 2.05 bits per heavy atom. The number of carbonyl (C=O) groups excluding carboxylic acids is 3. The van der Waals surface area contributed by atoms with Crippen molar-refractivity contribution in [1.82, 2.24) is 14.8 Å². The number of alkyl halides is 1. The van der Waals surface area contributed by atoms with Gasteiger partial charge in [-0.2, -0.15) is 0 Å². The van der Waals surface area contributed by atoms with Gasteiger partial charge in [0, 0.05) is 25.4 Å². The van der Waals surface area contributed by atoms with Crippen molar-refractivity contribution in [3.8, 4) is 0 Å². The number of imide groups is 2. The quantitative estimate of drug-likeness (QED) is 0.466. The van der Waals surface area contributed by atoms with E-state index in [2.05, 4.69) is 4.98 Å². The maximum absolute atomic E-state index is 11.6. The summed E-state index contributed by atoms with van der Waals surface area (Å²) in [6, 6.07) is -0.560. The summed E-state index contributed by atoms with van der Waals surface area (Å²) in [5, 5.41) is 2.79. The van der Waals surface area contributed by atoms with Gasteiger partial charge >= 0.3 is 17.8 Å². The zero-order valence-electron chi connectivity index (χ0n) is 10.3. The molecule has 1 aromatic heterocycles. The van der Waals surface area contributed by atoms with E-state index in [-0.39, 0.29) is 6.54 Å². The number of halogens is 1. The standard InChI is InChI=1S/C11H12ClN3O3S/c1-14-9(16)10(17)15(11(14)18)4-2-3-8-13-7(5-12)6-19-8/h6H,2-5H2,1H3. The first kappa shape index (κ1) is 14.0. The molecule has 0 bridgehead atoms. The molecule has 1 saturated heterocycles. The molecule has 1 aromatic rings. The van der Waals surface area contributed by atoms with Crippen molar-refractivity contribution < 1.29 is 14.4 Å². The summed E-state index contributed by atoms with van der Waals surface area (Å²) in [7, 11) is 1.30. The fourth-order valence-corrected chi connectivity index (χ4v) is 2.79. The molecule has 2 rings (SSSR count). The first-order valence-corrected chi connectivity index (χ1v) is 7.08. The first-order valence-electron chi connectivity index (χ1n) is 5.67. The second-order valence-corrected chi connectivity index (χ2v) is 5.28. The molecule has 8 heteroatoms. The van der Waals surface area contributed by atoms with E-state index in [1.807, 2.05) is 5.38 Å². The minimum atomic E-state index is -0.774. The number of aromatic nitrogens is 1. The molecule has 2 heterocycles. The lowest BCUT2D eigenvalue weighted by Gasteiger charge is -2.11. The van der Waals surface area contributed by atoms with E-state index in [0.29, 0.717) is 18.7 Å². The second kappa shape index (κ2) is 5.66. The SMILES string of the molecule is CN1C(=O)C(=O)N(CCCc2nc(CCl)cs2)C1=O. The third kappa shape index (κ3) is 2.76. The summed E-state index contributed by atoms with van der Waals surface area (Å²) < 4.78 is 0. The third-order valence-corrected chi connectivity index (χ3v) is 3.99. The lowest BCUT2D eigenvalue weighted by atomic mass is 10.3. The molecule has 0 N–H and O–H groups in total. The molecule has 0 aromatic carbocycles. The van der Waals surface area contributed by atoms with E-state index in [9.17, 15) is 14.4 Å². The average Bonchev–Trinajstić information content (AvgIpc) is 2.94. The van der Waals surface area contributed by atoms with Crippen molar-refractivity contribution in [3.05, 3.63) is 16.1 Å². The second-order valence-electron chi connectivity index (χ2n) is 4.07. The summed E-state index contributed by atoms with van der Waals surface area (Å²) in [5.41, 5.74) is 0.824. The van der Waals surface area contributed by atoms with Crippen molar-refractivity contribution in [2.45, 2.75) is 18.7 Å². The Morgan fingerprint density at radius 1 is 1.32 bits per heavy atom. The maximum atomic E-state index is 11.6. The lowest BCUT2D eigenvalue weighted by molar-refractivity contribution is -0.142. The van der Waals surface area contributed by atoms with E-state index in [1.54, 1.807) is 0 Å². The van der Waals surface area contributed by atoms with Gasteiger partial charge in [-0.3, -0.25) is 19.4 Å². The molecule has 0 aliphatic carbocycles. The lowest BCUT2D eigenvalue weighted by Crippen LogP contribution is -2.32. The van der Waals surface area contributed by atoms with Crippen LogP contribution in [0.2, 0.25) is 0 Å². The third-order valence-electron chi connectivity index (χ3n) is 2.76.